The first kappa shape index (κ1) is 18.5. The van der Waals surface area contributed by atoms with Gasteiger partial charge in [0.15, 0.2) is 0 Å². The van der Waals surface area contributed by atoms with Crippen LogP contribution in [0.15, 0.2) is 21.3 Å². The van der Waals surface area contributed by atoms with Crippen molar-refractivity contribution in [3.63, 3.8) is 0 Å². The minimum absolute atomic E-state index is 0.193. The fourth-order valence-electron chi connectivity index (χ4n) is 2.73. The number of hydrogen-bond donors (Lipinski definition) is 1. The summed E-state index contributed by atoms with van der Waals surface area (Å²) >= 11 is 0. The maximum absolute atomic E-state index is 12.3. The van der Waals surface area contributed by atoms with Crippen LogP contribution < -0.4 is 20.8 Å². The molecule has 0 fully saturated rings. The molecule has 0 spiro atoms. The number of carbonyl (C=O) groups excluding carboxylic acids is 2. The summed E-state index contributed by atoms with van der Waals surface area (Å²) in [6.07, 6.45) is -0.0721. The molecule has 0 saturated carbocycles. The first-order valence-corrected chi connectivity index (χ1v) is 7.90. The molecule has 7 heteroatoms. The average Bonchev–Trinajstić information content (AvgIpc) is 2.57. The van der Waals surface area contributed by atoms with E-state index in [-0.39, 0.29) is 18.4 Å². The third kappa shape index (κ3) is 3.65. The lowest BCUT2D eigenvalue weighted by molar-refractivity contribution is -0.308. The van der Waals surface area contributed by atoms with Gasteiger partial charge in [-0.3, -0.25) is 4.79 Å². The van der Waals surface area contributed by atoms with Crippen LogP contribution >= 0.6 is 0 Å². The molecule has 25 heavy (non-hydrogen) atoms. The van der Waals surface area contributed by atoms with Crippen LogP contribution in [0.2, 0.25) is 0 Å². The van der Waals surface area contributed by atoms with Crippen molar-refractivity contribution in [1.82, 2.24) is 5.32 Å². The van der Waals surface area contributed by atoms with Crippen molar-refractivity contribution < 1.29 is 23.8 Å². The van der Waals surface area contributed by atoms with E-state index in [2.05, 4.69) is 5.32 Å². The number of aryl methyl sites for hydroxylation is 2. The van der Waals surface area contributed by atoms with E-state index in [0.29, 0.717) is 27.8 Å². The molecule has 1 atom stereocenters. The molecule has 1 aromatic heterocycles. The summed E-state index contributed by atoms with van der Waals surface area (Å²) in [6.45, 7) is 5.12. The second-order valence-electron chi connectivity index (χ2n) is 5.79. The highest BCUT2D eigenvalue weighted by molar-refractivity contribution is 5.88. The highest BCUT2D eigenvalue weighted by atomic mass is 16.5. The molecular weight excluding hydrogens is 326 g/mol. The summed E-state index contributed by atoms with van der Waals surface area (Å²) in [5.74, 6) is -1.34. The van der Waals surface area contributed by atoms with E-state index < -0.39 is 23.5 Å². The molecule has 0 unspecified atom stereocenters. The van der Waals surface area contributed by atoms with Crippen LogP contribution in [-0.4, -0.2) is 25.0 Å². The molecule has 7 nitrogen and oxygen atoms in total. The van der Waals surface area contributed by atoms with Crippen molar-refractivity contribution in [2.24, 2.45) is 0 Å². The van der Waals surface area contributed by atoms with Crippen LogP contribution in [-0.2, 0) is 16.0 Å². The Hall–Kier alpha value is -2.83. The Kier molecular flexibility index (Phi) is 5.46. The minimum atomic E-state index is -1.36. The Labute approximate surface area is 144 Å². The van der Waals surface area contributed by atoms with Gasteiger partial charge in [-0.15, -0.1) is 0 Å². The number of ether oxygens (including phenoxy) is 1. The van der Waals surface area contributed by atoms with Gasteiger partial charge in [0.2, 0.25) is 5.91 Å². The Bertz CT molecular complexity index is 883. The smallest absolute Gasteiger partial charge is 0.340 e. The van der Waals surface area contributed by atoms with Crippen LogP contribution in [0.4, 0.5) is 0 Å². The Morgan fingerprint density at radius 1 is 1.28 bits per heavy atom. The predicted octanol–water partition coefficient (Wildman–Crippen LogP) is 0.606. The molecule has 0 saturated heterocycles. The monoisotopic (exact) mass is 346 g/mol. The van der Waals surface area contributed by atoms with E-state index in [0.717, 1.165) is 0 Å². The van der Waals surface area contributed by atoms with Crippen LogP contribution in [0.1, 0.15) is 30.0 Å². The van der Waals surface area contributed by atoms with E-state index in [4.69, 9.17) is 9.15 Å². The van der Waals surface area contributed by atoms with Crippen molar-refractivity contribution >= 4 is 22.8 Å². The Morgan fingerprint density at radius 2 is 1.96 bits per heavy atom. The summed E-state index contributed by atoms with van der Waals surface area (Å²) in [5.41, 5.74) is 1.29. The quantitative estimate of drug-likeness (QED) is 0.768. The Balaban J connectivity index is 2.41. The summed E-state index contributed by atoms with van der Waals surface area (Å²) in [4.78, 5) is 35.3. The van der Waals surface area contributed by atoms with Gasteiger partial charge >= 0.3 is 5.63 Å². The van der Waals surface area contributed by atoms with Crippen molar-refractivity contribution in [3.05, 3.63) is 39.2 Å². The van der Waals surface area contributed by atoms with Gasteiger partial charge in [0.1, 0.15) is 11.3 Å². The van der Waals surface area contributed by atoms with Gasteiger partial charge < -0.3 is 24.4 Å². The van der Waals surface area contributed by atoms with Crippen molar-refractivity contribution in [1.29, 1.82) is 0 Å². The lowest BCUT2D eigenvalue weighted by Gasteiger charge is -2.18. The lowest BCUT2D eigenvalue weighted by Crippen LogP contribution is -2.48. The number of carboxylic acid groups (broad SMARTS) is 1. The van der Waals surface area contributed by atoms with Gasteiger partial charge in [-0.25, -0.2) is 4.79 Å². The molecule has 0 aliphatic carbocycles. The molecule has 2 aromatic rings. The summed E-state index contributed by atoms with van der Waals surface area (Å²) in [7, 11) is 1.53. The SMILES string of the molecule is CC[C@@H](NC(=O)Cc1c(C)c2ccc(OC)c(C)c2oc1=O)C(=O)[O-]. The van der Waals surface area contributed by atoms with E-state index in [9.17, 15) is 19.5 Å². The number of benzene rings is 1. The number of hydrogen-bond acceptors (Lipinski definition) is 6. The maximum Gasteiger partial charge on any atom is 0.340 e. The third-order valence-corrected chi connectivity index (χ3v) is 4.24. The van der Waals surface area contributed by atoms with Gasteiger partial charge in [-0.2, -0.15) is 0 Å². The summed E-state index contributed by atoms with van der Waals surface area (Å²) in [6, 6.07) is 2.43. The highest BCUT2D eigenvalue weighted by Gasteiger charge is 2.19. The molecule has 1 aromatic carbocycles. The van der Waals surface area contributed by atoms with Gasteiger partial charge in [-0.1, -0.05) is 6.92 Å². The number of methoxy groups -OCH3 is 1. The number of amides is 1. The van der Waals surface area contributed by atoms with Crippen molar-refractivity contribution in [2.75, 3.05) is 7.11 Å². The van der Waals surface area contributed by atoms with E-state index in [1.54, 1.807) is 32.9 Å². The zero-order chi connectivity index (χ0) is 18.7. The second-order valence-corrected chi connectivity index (χ2v) is 5.79. The largest absolute Gasteiger partial charge is 0.548 e. The topological polar surface area (TPSA) is 109 Å². The Morgan fingerprint density at radius 3 is 2.52 bits per heavy atom. The zero-order valence-electron chi connectivity index (χ0n) is 14.6. The van der Waals surface area contributed by atoms with E-state index >= 15 is 0 Å². The number of carbonyl (C=O) groups is 2. The fourth-order valence-corrected chi connectivity index (χ4v) is 2.73. The third-order valence-electron chi connectivity index (χ3n) is 4.24. The number of rotatable bonds is 6. The first-order valence-electron chi connectivity index (χ1n) is 7.90. The standard InChI is InChI=1S/C18H21NO6/c1-5-13(17(21)22)19-15(20)8-12-9(2)11-6-7-14(24-4)10(3)16(11)25-18(12)23/h6-7,13H,5,8H2,1-4H3,(H,19,20)(H,21,22)/p-1/t13-/m1/s1. The number of carboxylic acids is 1. The van der Waals surface area contributed by atoms with E-state index in [1.807, 2.05) is 0 Å². The molecule has 0 bridgehead atoms. The van der Waals surface area contributed by atoms with Gasteiger partial charge in [-0.05, 0) is 38.0 Å². The van der Waals surface area contributed by atoms with Crippen molar-refractivity contribution in [3.8, 4) is 5.75 Å². The predicted molar refractivity (Wildman–Crippen MR) is 89.4 cm³/mol. The minimum Gasteiger partial charge on any atom is -0.548 e. The number of aliphatic carboxylic acids is 1. The first-order chi connectivity index (χ1) is 11.8. The highest BCUT2D eigenvalue weighted by Crippen LogP contribution is 2.29. The van der Waals surface area contributed by atoms with Crippen molar-refractivity contribution in [2.45, 2.75) is 39.7 Å². The molecule has 1 N–H and O–H groups in total. The molecular formula is C18H20NO6-. The number of fused-ring (bicyclic) bond motifs is 1. The molecule has 2 rings (SSSR count). The fraction of sp³-hybridized carbons (Fsp3) is 0.389. The molecule has 1 amide bonds. The van der Waals surface area contributed by atoms with Crippen LogP contribution in [0.3, 0.4) is 0 Å². The number of nitrogens with one attached hydrogen (secondary N) is 1. The van der Waals surface area contributed by atoms with Crippen LogP contribution in [0.25, 0.3) is 11.0 Å². The lowest BCUT2D eigenvalue weighted by atomic mass is 10.0. The van der Waals surface area contributed by atoms with Gasteiger partial charge in [0, 0.05) is 10.9 Å². The zero-order valence-corrected chi connectivity index (χ0v) is 14.6. The van der Waals surface area contributed by atoms with Crippen LogP contribution in [0, 0.1) is 13.8 Å². The molecule has 1 heterocycles. The average molecular weight is 346 g/mol. The molecule has 0 aliphatic rings. The van der Waals surface area contributed by atoms with E-state index in [1.165, 1.54) is 7.11 Å². The molecule has 134 valence electrons. The van der Waals surface area contributed by atoms with Crippen LogP contribution in [0.5, 0.6) is 5.75 Å². The maximum atomic E-state index is 12.3. The summed E-state index contributed by atoms with van der Waals surface area (Å²) in [5, 5.41) is 14.0. The molecule has 0 radical (unpaired) electrons. The normalized spacial score (nSPS) is 12.0. The summed E-state index contributed by atoms with van der Waals surface area (Å²) < 4.78 is 10.6. The van der Waals surface area contributed by atoms with Gasteiger partial charge in [0.05, 0.1) is 31.1 Å². The second kappa shape index (κ2) is 7.38. The molecule has 0 aliphatic heterocycles. The van der Waals surface area contributed by atoms with Gasteiger partial charge in [0.25, 0.3) is 0 Å².